The van der Waals surface area contributed by atoms with Crippen LogP contribution in [0, 0.1) is 13.8 Å². The average Bonchev–Trinajstić information content (AvgIpc) is 2.53. The molecular formula is C10H16F2N2OS. The summed E-state index contributed by atoms with van der Waals surface area (Å²) >= 11 is 1.54. The Morgan fingerprint density at radius 2 is 2.06 bits per heavy atom. The van der Waals surface area contributed by atoms with Crippen LogP contribution in [0.25, 0.3) is 0 Å². The quantitative estimate of drug-likeness (QED) is 0.840. The van der Waals surface area contributed by atoms with Crippen molar-refractivity contribution in [3.8, 4) is 0 Å². The average molecular weight is 250 g/mol. The second-order valence-electron chi connectivity index (χ2n) is 3.71. The lowest BCUT2D eigenvalue weighted by Crippen LogP contribution is -2.33. The first-order chi connectivity index (χ1) is 7.41. The van der Waals surface area contributed by atoms with Gasteiger partial charge in [0.2, 0.25) is 0 Å². The number of nitrogens with one attached hydrogen (secondary N) is 1. The molecule has 0 aliphatic carbocycles. The summed E-state index contributed by atoms with van der Waals surface area (Å²) in [7, 11) is 0. The lowest BCUT2D eigenvalue weighted by molar-refractivity contribution is -0.00435. The molecule has 0 amide bonds. The van der Waals surface area contributed by atoms with Gasteiger partial charge in [0.15, 0.2) is 0 Å². The van der Waals surface area contributed by atoms with E-state index in [1.54, 1.807) is 0 Å². The smallest absolute Gasteiger partial charge is 0.265 e. The maximum absolute atomic E-state index is 12.1. The highest BCUT2D eigenvalue weighted by Crippen LogP contribution is 2.24. The van der Waals surface area contributed by atoms with Crippen molar-refractivity contribution in [1.29, 1.82) is 0 Å². The van der Waals surface area contributed by atoms with Gasteiger partial charge in [-0.1, -0.05) is 0 Å². The Labute approximate surface area is 97.5 Å². The second kappa shape index (κ2) is 5.65. The lowest BCUT2D eigenvalue weighted by Gasteiger charge is -2.15. The molecule has 1 aromatic rings. The highest BCUT2D eigenvalue weighted by atomic mass is 32.1. The monoisotopic (exact) mass is 250 g/mol. The van der Waals surface area contributed by atoms with Crippen molar-refractivity contribution in [2.45, 2.75) is 39.3 Å². The van der Waals surface area contributed by atoms with Crippen molar-refractivity contribution in [2.75, 3.05) is 6.54 Å². The third-order valence-corrected chi connectivity index (χ3v) is 3.51. The summed E-state index contributed by atoms with van der Waals surface area (Å²) in [5.41, 5.74) is 0.911. The Balaban J connectivity index is 2.53. The Morgan fingerprint density at radius 3 is 2.50 bits per heavy atom. The van der Waals surface area contributed by atoms with Crippen LogP contribution in [0.4, 0.5) is 8.78 Å². The second-order valence-corrected chi connectivity index (χ2v) is 4.95. The normalized spacial score (nSPS) is 15.4. The third-order valence-electron chi connectivity index (χ3n) is 2.26. The first-order valence-corrected chi connectivity index (χ1v) is 5.87. The summed E-state index contributed by atoms with van der Waals surface area (Å²) in [5, 5.41) is 12.8. The van der Waals surface area contributed by atoms with E-state index in [1.807, 2.05) is 20.8 Å². The van der Waals surface area contributed by atoms with Crippen molar-refractivity contribution >= 4 is 11.3 Å². The van der Waals surface area contributed by atoms with Crippen molar-refractivity contribution in [3.05, 3.63) is 15.6 Å². The number of nitrogens with zero attached hydrogens (tertiary/aromatic N) is 1. The number of aromatic nitrogens is 1. The molecule has 0 aromatic carbocycles. The Kier molecular flexibility index (Phi) is 4.76. The van der Waals surface area contributed by atoms with Gasteiger partial charge < -0.3 is 10.4 Å². The van der Waals surface area contributed by atoms with Crippen LogP contribution in [0.2, 0.25) is 0 Å². The van der Waals surface area contributed by atoms with Crippen LogP contribution in [0.1, 0.15) is 28.5 Å². The number of aryl methyl sites for hydroxylation is 2. The molecule has 0 saturated carbocycles. The van der Waals surface area contributed by atoms with Gasteiger partial charge in [0, 0.05) is 17.5 Å². The number of aliphatic hydroxyl groups is 1. The van der Waals surface area contributed by atoms with Gasteiger partial charge in [-0.2, -0.15) is 0 Å². The van der Waals surface area contributed by atoms with Gasteiger partial charge in [-0.15, -0.1) is 11.3 Å². The molecule has 0 fully saturated rings. The van der Waals surface area contributed by atoms with Gasteiger partial charge in [-0.05, 0) is 20.8 Å². The largest absolute Gasteiger partial charge is 0.386 e. The van der Waals surface area contributed by atoms with E-state index in [1.165, 1.54) is 11.3 Å². The summed E-state index contributed by atoms with van der Waals surface area (Å²) in [4.78, 5) is 5.29. The predicted octanol–water partition coefficient (Wildman–Crippen LogP) is 2.04. The molecule has 0 saturated heterocycles. The molecule has 0 bridgehead atoms. The van der Waals surface area contributed by atoms with Crippen LogP contribution < -0.4 is 5.32 Å². The fourth-order valence-corrected chi connectivity index (χ4v) is 2.38. The minimum absolute atomic E-state index is 0.0698. The van der Waals surface area contributed by atoms with Crippen molar-refractivity contribution in [2.24, 2.45) is 0 Å². The van der Waals surface area contributed by atoms with Crippen LogP contribution in [0.15, 0.2) is 0 Å². The van der Waals surface area contributed by atoms with E-state index in [-0.39, 0.29) is 12.6 Å². The Hall–Kier alpha value is -0.590. The summed E-state index contributed by atoms with van der Waals surface area (Å²) in [6.07, 6.45) is -4.32. The van der Waals surface area contributed by atoms with Gasteiger partial charge in [0.05, 0.1) is 10.7 Å². The van der Waals surface area contributed by atoms with Gasteiger partial charge in [0.25, 0.3) is 6.43 Å². The van der Waals surface area contributed by atoms with Crippen LogP contribution in [-0.4, -0.2) is 29.2 Å². The molecule has 0 aliphatic heterocycles. The van der Waals surface area contributed by atoms with E-state index in [4.69, 9.17) is 5.11 Å². The van der Waals surface area contributed by atoms with E-state index >= 15 is 0 Å². The van der Waals surface area contributed by atoms with Gasteiger partial charge in [0.1, 0.15) is 6.10 Å². The number of alkyl halides is 2. The molecule has 0 spiro atoms. The summed E-state index contributed by atoms with van der Waals surface area (Å²) < 4.78 is 24.1. The molecule has 2 atom stereocenters. The maximum Gasteiger partial charge on any atom is 0.265 e. The zero-order valence-corrected chi connectivity index (χ0v) is 10.3. The highest BCUT2D eigenvalue weighted by molar-refractivity contribution is 7.11. The van der Waals surface area contributed by atoms with E-state index in [2.05, 4.69) is 10.3 Å². The standard InChI is InChI=1S/C10H16F2N2OS/c1-5(13-4-8(15)10(11)12)9-6(2)14-7(3)16-9/h5,8,10,13,15H,4H2,1-3H3. The van der Waals surface area contributed by atoms with Crippen molar-refractivity contribution in [1.82, 2.24) is 10.3 Å². The SMILES string of the molecule is Cc1nc(C)c(C(C)NCC(O)C(F)F)s1. The Bertz CT molecular complexity index is 344. The molecule has 16 heavy (non-hydrogen) atoms. The van der Waals surface area contributed by atoms with E-state index < -0.39 is 12.5 Å². The fraction of sp³-hybridized carbons (Fsp3) is 0.700. The molecule has 3 nitrogen and oxygen atoms in total. The van der Waals surface area contributed by atoms with E-state index in [0.717, 1.165) is 15.6 Å². The van der Waals surface area contributed by atoms with E-state index in [0.29, 0.717) is 0 Å². The van der Waals surface area contributed by atoms with Crippen LogP contribution in [-0.2, 0) is 0 Å². The molecule has 2 unspecified atom stereocenters. The highest BCUT2D eigenvalue weighted by Gasteiger charge is 2.19. The van der Waals surface area contributed by atoms with Crippen molar-refractivity contribution in [3.63, 3.8) is 0 Å². The number of halogens is 2. The van der Waals surface area contributed by atoms with Crippen molar-refractivity contribution < 1.29 is 13.9 Å². The van der Waals surface area contributed by atoms with Crippen LogP contribution >= 0.6 is 11.3 Å². The zero-order valence-electron chi connectivity index (χ0n) is 9.50. The van der Waals surface area contributed by atoms with Crippen LogP contribution in [0.5, 0.6) is 0 Å². The third kappa shape index (κ3) is 3.47. The molecule has 0 aliphatic rings. The predicted molar refractivity (Wildman–Crippen MR) is 60.0 cm³/mol. The molecule has 1 rings (SSSR count). The number of rotatable bonds is 5. The van der Waals surface area contributed by atoms with Gasteiger partial charge in [-0.25, -0.2) is 13.8 Å². The lowest BCUT2D eigenvalue weighted by atomic mass is 10.2. The number of thiazole rings is 1. The molecule has 1 heterocycles. The topological polar surface area (TPSA) is 45.2 Å². The molecular weight excluding hydrogens is 234 g/mol. The molecule has 92 valence electrons. The first kappa shape index (κ1) is 13.5. The Morgan fingerprint density at radius 1 is 1.44 bits per heavy atom. The molecule has 6 heteroatoms. The van der Waals surface area contributed by atoms with Crippen LogP contribution in [0.3, 0.4) is 0 Å². The fourth-order valence-electron chi connectivity index (χ4n) is 1.43. The molecule has 1 aromatic heterocycles. The molecule has 0 radical (unpaired) electrons. The minimum atomic E-state index is -2.70. The molecule has 2 N–H and O–H groups in total. The van der Waals surface area contributed by atoms with Gasteiger partial charge >= 0.3 is 0 Å². The number of hydrogen-bond donors (Lipinski definition) is 2. The summed E-state index contributed by atoms with van der Waals surface area (Å²) in [6, 6.07) is -0.0698. The minimum Gasteiger partial charge on any atom is -0.386 e. The maximum atomic E-state index is 12.1. The zero-order chi connectivity index (χ0) is 12.3. The van der Waals surface area contributed by atoms with E-state index in [9.17, 15) is 8.78 Å². The number of aliphatic hydroxyl groups excluding tert-OH is 1. The summed E-state index contributed by atoms with van der Waals surface area (Å²) in [5.74, 6) is 0. The first-order valence-electron chi connectivity index (χ1n) is 5.05. The van der Waals surface area contributed by atoms with Gasteiger partial charge in [-0.3, -0.25) is 0 Å². The summed E-state index contributed by atoms with van der Waals surface area (Å²) in [6.45, 7) is 5.55. The number of hydrogen-bond acceptors (Lipinski definition) is 4.